The summed E-state index contributed by atoms with van der Waals surface area (Å²) in [5.41, 5.74) is 1.55. The van der Waals surface area contributed by atoms with Crippen LogP contribution in [-0.4, -0.2) is 35.2 Å². The third-order valence-electron chi connectivity index (χ3n) is 4.96. The summed E-state index contributed by atoms with van der Waals surface area (Å²) in [5, 5.41) is 5.78. The topological polar surface area (TPSA) is 35.9 Å². The number of likely N-dealkylation sites (tertiary alicyclic amines) is 1. The molecule has 4 nitrogen and oxygen atoms in total. The molecule has 2 aromatic rings. The quantitative estimate of drug-likeness (QED) is 0.820. The van der Waals surface area contributed by atoms with E-state index in [1.165, 1.54) is 17.1 Å². The molecule has 1 unspecified atom stereocenters. The van der Waals surface area contributed by atoms with Gasteiger partial charge < -0.3 is 4.90 Å². The number of hydrazone groups is 1. The number of amides is 2. The first-order valence-electron chi connectivity index (χ1n) is 8.71. The Morgan fingerprint density at radius 2 is 1.88 bits per heavy atom. The Morgan fingerprint density at radius 1 is 1.12 bits per heavy atom. The average Bonchev–Trinajstić information content (AvgIpc) is 3.09. The molecule has 1 fully saturated rings. The van der Waals surface area contributed by atoms with E-state index >= 15 is 0 Å². The highest BCUT2D eigenvalue weighted by molar-refractivity contribution is 5.79. The monoisotopic (exact) mass is 355 g/mol. The standard InChI is InChI=1S/C20H19F2N3O/c21-17-7-6-16(18(22)11-17)10-14-12-24(13-14)20(26)25-19(8-9-23-25)15-4-2-1-3-5-15/h1-7,9,11,14,19H,8,10,12-13H2. The van der Waals surface area contributed by atoms with Crippen LogP contribution in [0.3, 0.4) is 0 Å². The molecule has 134 valence electrons. The number of nitrogens with zero attached hydrogens (tertiary/aromatic N) is 3. The Balaban J connectivity index is 1.36. The van der Waals surface area contributed by atoms with Crippen LogP contribution in [0.15, 0.2) is 53.6 Å². The maximum absolute atomic E-state index is 13.8. The van der Waals surface area contributed by atoms with Gasteiger partial charge in [0.1, 0.15) is 11.6 Å². The highest BCUT2D eigenvalue weighted by Crippen LogP contribution is 2.31. The number of benzene rings is 2. The van der Waals surface area contributed by atoms with Gasteiger partial charge in [0, 0.05) is 31.8 Å². The Hall–Kier alpha value is -2.76. The van der Waals surface area contributed by atoms with Crippen LogP contribution in [-0.2, 0) is 6.42 Å². The smallest absolute Gasteiger partial charge is 0.322 e. The minimum absolute atomic E-state index is 0.0720. The van der Waals surface area contributed by atoms with Gasteiger partial charge in [-0.05, 0) is 29.5 Å². The summed E-state index contributed by atoms with van der Waals surface area (Å²) >= 11 is 0. The fraction of sp³-hybridized carbons (Fsp3) is 0.300. The molecule has 26 heavy (non-hydrogen) atoms. The van der Waals surface area contributed by atoms with Gasteiger partial charge in [0.2, 0.25) is 0 Å². The summed E-state index contributed by atoms with van der Waals surface area (Å²) in [4.78, 5) is 14.5. The zero-order chi connectivity index (χ0) is 18.1. The van der Waals surface area contributed by atoms with E-state index in [9.17, 15) is 13.6 Å². The van der Waals surface area contributed by atoms with Crippen LogP contribution in [0.25, 0.3) is 0 Å². The fourth-order valence-electron chi connectivity index (χ4n) is 3.55. The molecule has 1 atom stereocenters. The van der Waals surface area contributed by atoms with Crippen molar-refractivity contribution in [2.45, 2.75) is 18.9 Å². The van der Waals surface area contributed by atoms with E-state index in [4.69, 9.17) is 0 Å². The molecule has 2 aromatic carbocycles. The van der Waals surface area contributed by atoms with E-state index in [-0.39, 0.29) is 18.0 Å². The molecular weight excluding hydrogens is 336 g/mol. The molecule has 6 heteroatoms. The zero-order valence-corrected chi connectivity index (χ0v) is 14.2. The lowest BCUT2D eigenvalue weighted by molar-refractivity contribution is 0.0832. The third-order valence-corrected chi connectivity index (χ3v) is 4.96. The number of carbonyl (C=O) groups excluding carboxylic acids is 1. The molecule has 2 aliphatic heterocycles. The molecule has 2 aliphatic rings. The number of hydrogen-bond acceptors (Lipinski definition) is 2. The van der Waals surface area contributed by atoms with Crippen LogP contribution in [0.5, 0.6) is 0 Å². The van der Waals surface area contributed by atoms with Crippen LogP contribution in [0, 0.1) is 17.6 Å². The van der Waals surface area contributed by atoms with Gasteiger partial charge in [-0.25, -0.2) is 18.6 Å². The predicted octanol–water partition coefficient (Wildman–Crippen LogP) is 3.99. The predicted molar refractivity (Wildman–Crippen MR) is 94.7 cm³/mol. The first kappa shape index (κ1) is 16.7. The zero-order valence-electron chi connectivity index (χ0n) is 14.2. The van der Waals surface area contributed by atoms with Crippen molar-refractivity contribution in [2.24, 2.45) is 11.0 Å². The molecule has 0 radical (unpaired) electrons. The van der Waals surface area contributed by atoms with Crippen LogP contribution in [0.2, 0.25) is 0 Å². The molecule has 2 amide bonds. The lowest BCUT2D eigenvalue weighted by Crippen LogP contribution is -2.54. The fourth-order valence-corrected chi connectivity index (χ4v) is 3.55. The second-order valence-corrected chi connectivity index (χ2v) is 6.80. The van der Waals surface area contributed by atoms with Crippen molar-refractivity contribution in [3.8, 4) is 0 Å². The number of urea groups is 1. The largest absolute Gasteiger partial charge is 0.341 e. The van der Waals surface area contributed by atoms with Crippen molar-refractivity contribution < 1.29 is 13.6 Å². The van der Waals surface area contributed by atoms with Gasteiger partial charge in [-0.15, -0.1) is 0 Å². The van der Waals surface area contributed by atoms with E-state index in [0.717, 1.165) is 11.6 Å². The minimum atomic E-state index is -0.574. The molecule has 0 aliphatic carbocycles. The Kier molecular flexibility index (Phi) is 4.41. The van der Waals surface area contributed by atoms with Crippen molar-refractivity contribution in [3.05, 3.63) is 71.3 Å². The molecule has 0 N–H and O–H groups in total. The van der Waals surface area contributed by atoms with Crippen molar-refractivity contribution in [2.75, 3.05) is 13.1 Å². The van der Waals surface area contributed by atoms with Gasteiger partial charge in [0.25, 0.3) is 0 Å². The number of hydrogen-bond donors (Lipinski definition) is 0. The SMILES string of the molecule is O=C(N1CC(Cc2ccc(F)cc2F)C1)N1N=CCC1c1ccccc1. The van der Waals surface area contributed by atoms with E-state index in [2.05, 4.69) is 5.10 Å². The normalized spacial score (nSPS) is 19.7. The van der Waals surface area contributed by atoms with Crippen molar-refractivity contribution >= 4 is 12.2 Å². The van der Waals surface area contributed by atoms with Gasteiger partial charge in [-0.3, -0.25) is 0 Å². The van der Waals surface area contributed by atoms with E-state index in [1.54, 1.807) is 11.1 Å². The first-order valence-corrected chi connectivity index (χ1v) is 8.71. The minimum Gasteiger partial charge on any atom is -0.322 e. The second kappa shape index (κ2) is 6.86. The summed E-state index contributed by atoms with van der Waals surface area (Å²) < 4.78 is 26.7. The van der Waals surface area contributed by atoms with Crippen LogP contribution in [0.1, 0.15) is 23.6 Å². The summed E-state index contributed by atoms with van der Waals surface area (Å²) in [6.07, 6.45) is 2.97. The second-order valence-electron chi connectivity index (χ2n) is 6.80. The summed E-state index contributed by atoms with van der Waals surface area (Å²) in [5.74, 6) is -0.917. The summed E-state index contributed by atoms with van der Waals surface area (Å²) in [6, 6.07) is 13.3. The van der Waals surface area contributed by atoms with E-state index in [0.29, 0.717) is 31.5 Å². The van der Waals surface area contributed by atoms with Gasteiger partial charge >= 0.3 is 6.03 Å². The highest BCUT2D eigenvalue weighted by Gasteiger charge is 2.37. The van der Waals surface area contributed by atoms with Crippen molar-refractivity contribution in [1.82, 2.24) is 9.91 Å². The maximum atomic E-state index is 13.8. The van der Waals surface area contributed by atoms with Gasteiger partial charge in [0.05, 0.1) is 6.04 Å². The van der Waals surface area contributed by atoms with Gasteiger partial charge in [-0.1, -0.05) is 36.4 Å². The number of halogens is 2. The van der Waals surface area contributed by atoms with Gasteiger partial charge in [-0.2, -0.15) is 5.10 Å². The first-order chi connectivity index (χ1) is 12.6. The lowest BCUT2D eigenvalue weighted by atomic mass is 9.92. The molecule has 2 heterocycles. The highest BCUT2D eigenvalue weighted by atomic mass is 19.1. The molecular formula is C20H19F2N3O. The molecule has 0 aromatic heterocycles. The van der Waals surface area contributed by atoms with Crippen LogP contribution in [0.4, 0.5) is 13.6 Å². The van der Waals surface area contributed by atoms with Crippen molar-refractivity contribution in [1.29, 1.82) is 0 Å². The lowest BCUT2D eigenvalue weighted by Gasteiger charge is -2.41. The molecule has 1 saturated heterocycles. The molecule has 4 rings (SSSR count). The molecule has 0 saturated carbocycles. The molecule has 0 bridgehead atoms. The average molecular weight is 355 g/mol. The third kappa shape index (κ3) is 3.19. The van der Waals surface area contributed by atoms with E-state index < -0.39 is 11.6 Å². The van der Waals surface area contributed by atoms with Crippen molar-refractivity contribution in [3.63, 3.8) is 0 Å². The van der Waals surface area contributed by atoms with E-state index in [1.807, 2.05) is 30.3 Å². The Morgan fingerprint density at radius 3 is 2.62 bits per heavy atom. The summed E-state index contributed by atoms with van der Waals surface area (Å²) in [7, 11) is 0. The Bertz CT molecular complexity index is 834. The number of carbonyl (C=O) groups is 1. The van der Waals surface area contributed by atoms with Crippen LogP contribution >= 0.6 is 0 Å². The maximum Gasteiger partial charge on any atom is 0.341 e. The van der Waals surface area contributed by atoms with Gasteiger partial charge in [0.15, 0.2) is 0 Å². The molecule has 0 spiro atoms. The number of rotatable bonds is 3. The summed E-state index contributed by atoms with van der Waals surface area (Å²) in [6.45, 7) is 1.12. The Labute approximate surface area is 150 Å². The van der Waals surface area contributed by atoms with Crippen LogP contribution < -0.4 is 0 Å².